The molecule has 0 aliphatic heterocycles. The molecule has 0 saturated heterocycles. The standard InChI is InChI=1S/C16H20N2O3/c1-4-5-15(19)12-6-7-16(14(17)8-12)20-9-13-10(2)18-21-11(13)3/h6-8H,4-5,9,17H2,1-3H3. The minimum atomic E-state index is 0.0986. The number of Topliss-reactive ketones (excluding diaryl/α,β-unsaturated/α-hetero) is 1. The average Bonchev–Trinajstić information content (AvgIpc) is 2.77. The van der Waals surface area contributed by atoms with Crippen molar-refractivity contribution in [1.82, 2.24) is 5.16 Å². The highest BCUT2D eigenvalue weighted by Crippen LogP contribution is 2.25. The summed E-state index contributed by atoms with van der Waals surface area (Å²) in [6.45, 7) is 6.02. The Morgan fingerprint density at radius 1 is 1.38 bits per heavy atom. The van der Waals surface area contributed by atoms with Gasteiger partial charge in [0.2, 0.25) is 0 Å². The summed E-state index contributed by atoms with van der Waals surface area (Å²) in [4.78, 5) is 11.8. The number of nitrogen functional groups attached to an aromatic ring is 1. The van der Waals surface area contributed by atoms with Crippen molar-refractivity contribution < 1.29 is 14.1 Å². The van der Waals surface area contributed by atoms with Crippen molar-refractivity contribution in [2.24, 2.45) is 0 Å². The average molecular weight is 288 g/mol. The van der Waals surface area contributed by atoms with E-state index >= 15 is 0 Å². The molecule has 0 spiro atoms. The first-order chi connectivity index (χ1) is 10.0. The lowest BCUT2D eigenvalue weighted by Crippen LogP contribution is -2.03. The maximum Gasteiger partial charge on any atom is 0.162 e. The van der Waals surface area contributed by atoms with Gasteiger partial charge in [-0.3, -0.25) is 4.79 Å². The molecule has 0 aliphatic rings. The highest BCUT2D eigenvalue weighted by Gasteiger charge is 2.12. The summed E-state index contributed by atoms with van der Waals surface area (Å²) in [7, 11) is 0. The predicted molar refractivity (Wildman–Crippen MR) is 80.4 cm³/mol. The molecule has 0 bridgehead atoms. The number of hydrogen-bond donors (Lipinski definition) is 1. The third-order valence-corrected chi connectivity index (χ3v) is 3.36. The molecule has 0 fully saturated rings. The molecule has 2 aromatic rings. The molecule has 1 aromatic heterocycles. The van der Waals surface area contributed by atoms with Crippen LogP contribution in [-0.4, -0.2) is 10.9 Å². The van der Waals surface area contributed by atoms with E-state index in [1.54, 1.807) is 18.2 Å². The fraction of sp³-hybridized carbons (Fsp3) is 0.375. The molecule has 2 N–H and O–H groups in total. The van der Waals surface area contributed by atoms with Crippen molar-refractivity contribution in [3.05, 3.63) is 40.8 Å². The van der Waals surface area contributed by atoms with Crippen LogP contribution in [0, 0.1) is 13.8 Å². The molecular weight excluding hydrogens is 268 g/mol. The van der Waals surface area contributed by atoms with Gasteiger partial charge in [0.05, 0.1) is 16.9 Å². The zero-order chi connectivity index (χ0) is 15.4. The smallest absolute Gasteiger partial charge is 0.162 e. The van der Waals surface area contributed by atoms with Crippen molar-refractivity contribution in [1.29, 1.82) is 0 Å². The van der Waals surface area contributed by atoms with Crippen LogP contribution < -0.4 is 10.5 Å². The molecule has 5 nitrogen and oxygen atoms in total. The van der Waals surface area contributed by atoms with Crippen LogP contribution in [0.25, 0.3) is 0 Å². The second kappa shape index (κ2) is 6.43. The zero-order valence-electron chi connectivity index (χ0n) is 12.6. The summed E-state index contributed by atoms with van der Waals surface area (Å²) in [5.41, 5.74) is 8.76. The monoisotopic (exact) mass is 288 g/mol. The summed E-state index contributed by atoms with van der Waals surface area (Å²) in [5.74, 6) is 1.39. The first-order valence-electron chi connectivity index (χ1n) is 7.00. The first-order valence-corrected chi connectivity index (χ1v) is 7.00. The van der Waals surface area contributed by atoms with E-state index in [1.807, 2.05) is 20.8 Å². The van der Waals surface area contributed by atoms with Gasteiger partial charge in [0.15, 0.2) is 5.78 Å². The lowest BCUT2D eigenvalue weighted by molar-refractivity contribution is 0.0981. The van der Waals surface area contributed by atoms with E-state index in [0.29, 0.717) is 30.0 Å². The van der Waals surface area contributed by atoms with Crippen LogP contribution >= 0.6 is 0 Å². The maximum absolute atomic E-state index is 11.8. The van der Waals surface area contributed by atoms with Crippen LogP contribution in [0.1, 0.15) is 47.1 Å². The number of rotatable bonds is 6. The summed E-state index contributed by atoms with van der Waals surface area (Å²) in [5, 5.41) is 3.88. The molecule has 0 amide bonds. The zero-order valence-corrected chi connectivity index (χ0v) is 12.6. The number of carbonyl (C=O) groups is 1. The number of hydrogen-bond acceptors (Lipinski definition) is 5. The molecule has 0 radical (unpaired) electrons. The Labute approximate surface area is 124 Å². The molecule has 1 aromatic carbocycles. The number of ketones is 1. The minimum absolute atomic E-state index is 0.0986. The van der Waals surface area contributed by atoms with Crippen molar-refractivity contribution in [2.45, 2.75) is 40.2 Å². The van der Waals surface area contributed by atoms with Crippen LogP contribution in [0.15, 0.2) is 22.7 Å². The molecule has 0 saturated carbocycles. The normalized spacial score (nSPS) is 10.6. The van der Waals surface area contributed by atoms with E-state index in [-0.39, 0.29) is 5.78 Å². The Morgan fingerprint density at radius 2 is 2.14 bits per heavy atom. The van der Waals surface area contributed by atoms with Gasteiger partial charge in [-0.25, -0.2) is 0 Å². The van der Waals surface area contributed by atoms with Crippen LogP contribution in [0.2, 0.25) is 0 Å². The molecule has 2 rings (SSSR count). The molecule has 1 heterocycles. The van der Waals surface area contributed by atoms with Crippen molar-refractivity contribution >= 4 is 11.5 Å². The molecular formula is C16H20N2O3. The minimum Gasteiger partial charge on any atom is -0.487 e. The number of anilines is 1. The van der Waals surface area contributed by atoms with Gasteiger partial charge >= 0.3 is 0 Å². The molecule has 0 atom stereocenters. The van der Waals surface area contributed by atoms with Gasteiger partial charge in [0, 0.05) is 12.0 Å². The van der Waals surface area contributed by atoms with Gasteiger partial charge in [-0.05, 0) is 38.5 Å². The van der Waals surface area contributed by atoms with E-state index < -0.39 is 0 Å². The molecule has 0 unspecified atom stereocenters. The third kappa shape index (κ3) is 3.42. The summed E-state index contributed by atoms with van der Waals surface area (Å²) in [6.07, 6.45) is 1.35. The first kappa shape index (κ1) is 15.1. The Morgan fingerprint density at radius 3 is 2.71 bits per heavy atom. The van der Waals surface area contributed by atoms with E-state index in [4.69, 9.17) is 15.0 Å². The number of nitrogens with two attached hydrogens (primary N) is 1. The number of benzene rings is 1. The Bertz CT molecular complexity index is 627. The van der Waals surface area contributed by atoms with Crippen LogP contribution in [0.3, 0.4) is 0 Å². The lowest BCUT2D eigenvalue weighted by atomic mass is 10.1. The number of aromatic nitrogens is 1. The Kier molecular flexibility index (Phi) is 4.62. The van der Waals surface area contributed by atoms with Crippen LogP contribution in [0.5, 0.6) is 5.75 Å². The third-order valence-electron chi connectivity index (χ3n) is 3.36. The van der Waals surface area contributed by atoms with E-state index in [0.717, 1.165) is 23.4 Å². The fourth-order valence-electron chi connectivity index (χ4n) is 2.08. The number of aryl methyl sites for hydroxylation is 2. The largest absolute Gasteiger partial charge is 0.487 e. The van der Waals surface area contributed by atoms with Gasteiger partial charge in [-0.15, -0.1) is 0 Å². The maximum atomic E-state index is 11.8. The fourth-order valence-corrected chi connectivity index (χ4v) is 2.08. The van der Waals surface area contributed by atoms with Crippen molar-refractivity contribution in [3.8, 4) is 5.75 Å². The van der Waals surface area contributed by atoms with Crippen molar-refractivity contribution in [2.75, 3.05) is 5.73 Å². The summed E-state index contributed by atoms with van der Waals surface area (Å²) >= 11 is 0. The van der Waals surface area contributed by atoms with Gasteiger partial charge in [-0.1, -0.05) is 12.1 Å². The predicted octanol–water partition coefficient (Wildman–Crippen LogP) is 3.44. The van der Waals surface area contributed by atoms with E-state index in [1.165, 1.54) is 0 Å². The highest BCUT2D eigenvalue weighted by molar-refractivity contribution is 5.97. The number of carbonyl (C=O) groups excluding carboxylic acids is 1. The molecule has 21 heavy (non-hydrogen) atoms. The van der Waals surface area contributed by atoms with Crippen LogP contribution in [0.4, 0.5) is 5.69 Å². The number of ether oxygens (including phenoxy) is 1. The van der Waals surface area contributed by atoms with Crippen LogP contribution in [-0.2, 0) is 6.61 Å². The highest BCUT2D eigenvalue weighted by atomic mass is 16.5. The van der Waals surface area contributed by atoms with Gasteiger partial charge < -0.3 is 15.0 Å². The second-order valence-electron chi connectivity index (χ2n) is 5.02. The summed E-state index contributed by atoms with van der Waals surface area (Å²) in [6, 6.07) is 5.15. The van der Waals surface area contributed by atoms with Gasteiger partial charge in [0.25, 0.3) is 0 Å². The summed E-state index contributed by atoms with van der Waals surface area (Å²) < 4.78 is 10.8. The SMILES string of the molecule is CCCC(=O)c1ccc(OCc2c(C)noc2C)c(N)c1. The van der Waals surface area contributed by atoms with Crippen molar-refractivity contribution in [3.63, 3.8) is 0 Å². The lowest BCUT2D eigenvalue weighted by Gasteiger charge is -2.10. The Hall–Kier alpha value is -2.30. The Balaban J connectivity index is 2.09. The number of nitrogens with zero attached hydrogens (tertiary/aromatic N) is 1. The molecule has 5 heteroatoms. The quantitative estimate of drug-likeness (QED) is 0.650. The molecule has 112 valence electrons. The van der Waals surface area contributed by atoms with Gasteiger partial charge in [-0.2, -0.15) is 0 Å². The second-order valence-corrected chi connectivity index (χ2v) is 5.02. The van der Waals surface area contributed by atoms with Gasteiger partial charge in [0.1, 0.15) is 18.1 Å². The topological polar surface area (TPSA) is 78.3 Å². The van der Waals surface area contributed by atoms with E-state index in [2.05, 4.69) is 5.16 Å². The van der Waals surface area contributed by atoms with E-state index in [9.17, 15) is 4.79 Å². The molecule has 0 aliphatic carbocycles.